The average Bonchev–Trinajstić information content (AvgIpc) is 3.03. The van der Waals surface area contributed by atoms with Crippen molar-refractivity contribution in [2.45, 2.75) is 80.2 Å². The third kappa shape index (κ3) is 6.69. The molecule has 0 bridgehead atoms. The van der Waals surface area contributed by atoms with Crippen LogP contribution in [-0.4, -0.2) is 35.0 Å². The van der Waals surface area contributed by atoms with Crippen molar-refractivity contribution < 1.29 is 9.90 Å². The number of nitrogens with two attached hydrogens (primary N) is 1. The van der Waals surface area contributed by atoms with Crippen LogP contribution in [0.3, 0.4) is 0 Å². The molecule has 1 saturated heterocycles. The van der Waals surface area contributed by atoms with Gasteiger partial charge in [-0.25, -0.2) is 0 Å². The van der Waals surface area contributed by atoms with Gasteiger partial charge in [0, 0.05) is 30.7 Å². The Morgan fingerprint density at radius 1 is 1.06 bits per heavy atom. The van der Waals surface area contributed by atoms with Crippen LogP contribution in [0, 0.1) is 0 Å². The number of allylic oxidation sites excluding steroid dienone is 2. The second-order valence-electron chi connectivity index (χ2n) is 7.53. The number of hydrogen-bond donors (Lipinski definition) is 3. The molecular weight excluding hydrogens is 558 g/mol. The van der Waals surface area contributed by atoms with Crippen LogP contribution in [0.4, 0.5) is 5.69 Å². The fourth-order valence-electron chi connectivity index (χ4n) is 4.41. The maximum atomic E-state index is 11.8. The van der Waals surface area contributed by atoms with Crippen LogP contribution in [-0.2, 0) is 11.2 Å². The lowest BCUT2D eigenvalue weighted by molar-refractivity contribution is -0.129. The largest absolute Gasteiger partial charge is 0.506 e. The zero-order chi connectivity index (χ0) is 26.0. The van der Waals surface area contributed by atoms with E-state index in [0.29, 0.717) is 5.69 Å². The fraction of sp³-hybridized carbons (Fsp3) is 0.519. The number of amides is 1. The Bertz CT molecular complexity index is 942. The molecule has 1 unspecified atom stereocenters. The molecule has 0 radical (unpaired) electrons. The summed E-state index contributed by atoms with van der Waals surface area (Å²) in [5.74, 6) is 0.247. The van der Waals surface area contributed by atoms with Crippen molar-refractivity contribution in [3.05, 3.63) is 49.6 Å². The summed E-state index contributed by atoms with van der Waals surface area (Å²) in [6, 6.07) is 1.88. The molecule has 0 saturated carbocycles. The number of aromatic hydroxyl groups is 1. The topological polar surface area (TPSA) is 78.6 Å². The number of aryl methyl sites for hydroxylation is 1. The molecule has 190 valence electrons. The van der Waals surface area contributed by atoms with Gasteiger partial charge < -0.3 is 21.1 Å². The summed E-state index contributed by atoms with van der Waals surface area (Å²) in [4.78, 5) is 13.7. The fourth-order valence-corrected chi connectivity index (χ4v) is 5.51. The molecule has 4 rings (SSSR count). The summed E-state index contributed by atoms with van der Waals surface area (Å²) < 4.78 is 1.79. The second-order valence-corrected chi connectivity index (χ2v) is 9.24. The molecule has 1 fully saturated rings. The minimum Gasteiger partial charge on any atom is -0.506 e. The first-order chi connectivity index (χ1) is 16.4. The molecule has 4 N–H and O–H groups in total. The van der Waals surface area contributed by atoms with E-state index < -0.39 is 0 Å². The summed E-state index contributed by atoms with van der Waals surface area (Å²) >= 11 is 7.25. The Morgan fingerprint density at radius 3 is 2.21 bits per heavy atom. The summed E-state index contributed by atoms with van der Waals surface area (Å²) in [6.45, 7) is 15.1. The SMILES string of the molecule is CC.CC.CC.CC(=O)N1CCC(=C2c3c(cc(O)c(N)c3Br)CCC3=CC(Br)=CNC32)CC1. The Balaban J connectivity index is 0.000000894. The van der Waals surface area contributed by atoms with Crippen LogP contribution in [0.25, 0.3) is 5.57 Å². The molecule has 7 heteroatoms. The van der Waals surface area contributed by atoms with Crippen molar-refractivity contribution in [1.29, 1.82) is 0 Å². The number of rotatable bonds is 0. The molecule has 2 heterocycles. The number of dihydropyridines is 1. The number of nitrogens with one attached hydrogen (secondary N) is 1. The van der Waals surface area contributed by atoms with E-state index in [-0.39, 0.29) is 17.7 Å². The predicted octanol–water partition coefficient (Wildman–Crippen LogP) is 7.29. The number of anilines is 1. The Morgan fingerprint density at radius 2 is 1.65 bits per heavy atom. The number of nitrogen functional groups attached to an aromatic ring is 1. The molecule has 0 aromatic heterocycles. The van der Waals surface area contributed by atoms with Gasteiger partial charge in [0.05, 0.1) is 16.2 Å². The molecule has 2 aliphatic heterocycles. The van der Waals surface area contributed by atoms with Gasteiger partial charge in [-0.1, -0.05) is 47.1 Å². The van der Waals surface area contributed by atoms with Crippen LogP contribution >= 0.6 is 31.9 Å². The maximum Gasteiger partial charge on any atom is 0.219 e. The van der Waals surface area contributed by atoms with Gasteiger partial charge in [0.15, 0.2) is 0 Å². The molecule has 0 spiro atoms. The third-order valence-electron chi connectivity index (χ3n) is 5.88. The van der Waals surface area contributed by atoms with Crippen LogP contribution in [0.1, 0.15) is 78.9 Å². The molecule has 1 atom stereocenters. The van der Waals surface area contributed by atoms with Crippen molar-refractivity contribution in [2.24, 2.45) is 0 Å². The Hall–Kier alpha value is -1.73. The molecular formula is C27H41Br2N3O2. The van der Waals surface area contributed by atoms with Gasteiger partial charge in [-0.05, 0) is 92.0 Å². The van der Waals surface area contributed by atoms with E-state index in [1.54, 1.807) is 13.0 Å². The van der Waals surface area contributed by atoms with Crippen LogP contribution in [0.15, 0.2) is 38.4 Å². The lowest BCUT2D eigenvalue weighted by Gasteiger charge is -2.33. The van der Waals surface area contributed by atoms with E-state index in [4.69, 9.17) is 5.73 Å². The smallest absolute Gasteiger partial charge is 0.219 e. The van der Waals surface area contributed by atoms with E-state index in [1.165, 1.54) is 16.7 Å². The predicted molar refractivity (Wildman–Crippen MR) is 153 cm³/mol. The van der Waals surface area contributed by atoms with Crippen molar-refractivity contribution in [3.63, 3.8) is 0 Å². The lowest BCUT2D eigenvalue weighted by atomic mass is 9.84. The number of hydrogen-bond acceptors (Lipinski definition) is 4. The van der Waals surface area contributed by atoms with E-state index in [9.17, 15) is 9.90 Å². The van der Waals surface area contributed by atoms with E-state index >= 15 is 0 Å². The number of nitrogens with zero attached hydrogens (tertiary/aromatic N) is 1. The van der Waals surface area contributed by atoms with Gasteiger partial charge in [0.2, 0.25) is 5.91 Å². The number of halogens is 2. The lowest BCUT2D eigenvalue weighted by Crippen LogP contribution is -2.36. The van der Waals surface area contributed by atoms with Gasteiger partial charge in [-0.3, -0.25) is 4.79 Å². The highest BCUT2D eigenvalue weighted by molar-refractivity contribution is 9.12. The van der Waals surface area contributed by atoms with Gasteiger partial charge in [0.25, 0.3) is 0 Å². The first-order valence-electron chi connectivity index (χ1n) is 12.5. The van der Waals surface area contributed by atoms with Crippen LogP contribution in [0.2, 0.25) is 0 Å². The summed E-state index contributed by atoms with van der Waals surface area (Å²) in [7, 11) is 0. The zero-order valence-corrected chi connectivity index (χ0v) is 24.9. The second kappa shape index (κ2) is 14.6. The number of phenolic OH excluding ortho intramolecular Hbond substituents is 1. The molecule has 5 nitrogen and oxygen atoms in total. The van der Waals surface area contributed by atoms with Gasteiger partial charge in [-0.15, -0.1) is 0 Å². The van der Waals surface area contributed by atoms with Crippen molar-refractivity contribution in [3.8, 4) is 5.75 Å². The number of likely N-dealkylation sites (tertiary alicyclic amines) is 1. The Labute approximate surface area is 222 Å². The number of phenols is 1. The number of carbonyl (C=O) groups is 1. The van der Waals surface area contributed by atoms with Gasteiger partial charge in [-0.2, -0.15) is 0 Å². The standard InChI is InChI=1S/C21H23Br2N3O2.3C2H6/c1-11(27)26-6-4-12(5-7-26)18-17-13(9-16(28)20(24)19(17)23)2-3-14-8-15(22)10-25-21(14)18;3*1-2/h8-10,21,25,28H,2-7,24H2,1H3;3*1-2H3. The van der Waals surface area contributed by atoms with E-state index in [2.05, 4.69) is 43.3 Å². The van der Waals surface area contributed by atoms with Crippen molar-refractivity contribution in [1.82, 2.24) is 10.2 Å². The van der Waals surface area contributed by atoms with Gasteiger partial charge in [0.1, 0.15) is 5.75 Å². The highest BCUT2D eigenvalue weighted by Gasteiger charge is 2.33. The van der Waals surface area contributed by atoms with Crippen molar-refractivity contribution >= 4 is 49.0 Å². The number of benzene rings is 1. The molecule has 1 aliphatic carbocycles. The van der Waals surface area contributed by atoms with Crippen LogP contribution in [0.5, 0.6) is 5.75 Å². The summed E-state index contributed by atoms with van der Waals surface area (Å²) in [5.41, 5.74) is 12.6. The van der Waals surface area contributed by atoms with Gasteiger partial charge >= 0.3 is 0 Å². The normalized spacial score (nSPS) is 18.5. The van der Waals surface area contributed by atoms with Crippen LogP contribution < -0.4 is 11.1 Å². The van der Waals surface area contributed by atoms with E-state index in [1.807, 2.05) is 52.6 Å². The third-order valence-corrected chi connectivity index (χ3v) is 7.16. The zero-order valence-electron chi connectivity index (χ0n) is 21.7. The molecule has 34 heavy (non-hydrogen) atoms. The minimum absolute atomic E-state index is 0.0710. The first-order valence-corrected chi connectivity index (χ1v) is 14.0. The number of fused-ring (bicyclic) bond motifs is 2. The minimum atomic E-state index is 0.0710. The summed E-state index contributed by atoms with van der Waals surface area (Å²) in [5, 5.41) is 13.8. The Kier molecular flexibility index (Phi) is 13.0. The first kappa shape index (κ1) is 30.3. The average molecular weight is 599 g/mol. The highest BCUT2D eigenvalue weighted by Crippen LogP contribution is 2.46. The quantitative estimate of drug-likeness (QED) is 0.216. The maximum absolute atomic E-state index is 11.8. The molecule has 3 aliphatic rings. The van der Waals surface area contributed by atoms with E-state index in [0.717, 1.165) is 58.9 Å². The number of carbonyl (C=O) groups excluding carboxylic acids is 1. The van der Waals surface area contributed by atoms with Crippen molar-refractivity contribution in [2.75, 3.05) is 18.8 Å². The monoisotopic (exact) mass is 597 g/mol. The highest BCUT2D eigenvalue weighted by atomic mass is 79.9. The number of piperidine rings is 1. The molecule has 1 aromatic rings. The summed E-state index contributed by atoms with van der Waals surface area (Å²) in [6.07, 6.45) is 7.61. The molecule has 1 aromatic carbocycles. The molecule has 1 amide bonds.